The van der Waals surface area contributed by atoms with Gasteiger partial charge in [0.15, 0.2) is 5.82 Å². The molecule has 0 aromatic carbocycles. The van der Waals surface area contributed by atoms with Gasteiger partial charge in [0.2, 0.25) is 5.89 Å². The molecule has 2 N–H and O–H groups in total. The molecule has 0 spiro atoms. The molecular formula is C24H41N3O4. The molecule has 7 nitrogen and oxygen atoms in total. The van der Waals surface area contributed by atoms with Crippen molar-refractivity contribution in [3.05, 3.63) is 11.7 Å². The first-order valence-electron chi connectivity index (χ1n) is 12.2. The van der Waals surface area contributed by atoms with E-state index in [0.717, 1.165) is 51.1 Å². The second-order valence-corrected chi connectivity index (χ2v) is 10.8. The van der Waals surface area contributed by atoms with Gasteiger partial charge in [0.05, 0.1) is 24.5 Å². The Labute approximate surface area is 186 Å². The Kier molecular flexibility index (Phi) is 8.50. The van der Waals surface area contributed by atoms with Crippen LogP contribution in [0.15, 0.2) is 4.52 Å². The number of likely N-dealkylation sites (tertiary alicyclic amines) is 1. The maximum atomic E-state index is 12.3. The van der Waals surface area contributed by atoms with Gasteiger partial charge in [-0.2, -0.15) is 4.98 Å². The van der Waals surface area contributed by atoms with Gasteiger partial charge in [-0.25, -0.2) is 0 Å². The third kappa shape index (κ3) is 7.01. The summed E-state index contributed by atoms with van der Waals surface area (Å²) in [5, 5.41) is 24.0. The molecule has 0 bridgehead atoms. The van der Waals surface area contributed by atoms with E-state index in [1.54, 1.807) is 0 Å². The minimum absolute atomic E-state index is 0.214. The molecule has 176 valence electrons. The van der Waals surface area contributed by atoms with Crippen LogP contribution < -0.4 is 0 Å². The Morgan fingerprint density at radius 2 is 1.84 bits per heavy atom. The number of nitrogens with zero attached hydrogens (tertiary/aromatic N) is 3. The number of piperidine rings is 1. The highest BCUT2D eigenvalue weighted by Crippen LogP contribution is 2.41. The zero-order chi connectivity index (χ0) is 22.4. The molecule has 1 aromatic heterocycles. The van der Waals surface area contributed by atoms with Gasteiger partial charge in [-0.3, -0.25) is 9.69 Å². The topological polar surface area (TPSA) is 99.7 Å². The summed E-state index contributed by atoms with van der Waals surface area (Å²) in [7, 11) is 0. The number of rotatable bonds is 9. The largest absolute Gasteiger partial charge is 0.481 e. The third-order valence-corrected chi connectivity index (χ3v) is 7.18. The molecule has 3 rings (SSSR count). The first kappa shape index (κ1) is 24.2. The fraction of sp³-hybridized carbons (Fsp3) is 0.875. The van der Waals surface area contributed by atoms with Gasteiger partial charge in [-0.1, -0.05) is 70.9 Å². The highest BCUT2D eigenvalue weighted by atomic mass is 16.5. The summed E-state index contributed by atoms with van der Waals surface area (Å²) in [6.45, 7) is 8.16. The van der Waals surface area contributed by atoms with Crippen molar-refractivity contribution in [3.8, 4) is 0 Å². The van der Waals surface area contributed by atoms with E-state index in [0.29, 0.717) is 18.3 Å². The molecule has 1 aliphatic carbocycles. The molecular weight excluding hydrogens is 394 g/mol. The highest BCUT2D eigenvalue weighted by Gasteiger charge is 2.41. The SMILES string of the molecule is CC(C)(C)C(C(=O)O)[C@@H](CCCC1CCCCC1)c1nc(CN2CCC(O)CC2)no1. The Morgan fingerprint density at radius 3 is 2.45 bits per heavy atom. The molecule has 0 amide bonds. The van der Waals surface area contributed by atoms with E-state index < -0.39 is 17.3 Å². The lowest BCUT2D eigenvalue weighted by Crippen LogP contribution is -2.35. The summed E-state index contributed by atoms with van der Waals surface area (Å²) in [5.41, 5.74) is -0.404. The second kappa shape index (κ2) is 10.9. The lowest BCUT2D eigenvalue weighted by molar-refractivity contribution is -0.147. The summed E-state index contributed by atoms with van der Waals surface area (Å²) in [4.78, 5) is 19.1. The van der Waals surface area contributed by atoms with Gasteiger partial charge in [0.25, 0.3) is 0 Å². The summed E-state index contributed by atoms with van der Waals surface area (Å²) in [6, 6.07) is 0. The van der Waals surface area contributed by atoms with Crippen LogP contribution in [0.5, 0.6) is 0 Å². The Hall–Kier alpha value is -1.47. The Bertz CT molecular complexity index is 685. The van der Waals surface area contributed by atoms with Crippen LogP contribution >= 0.6 is 0 Å². The lowest BCUT2D eigenvalue weighted by atomic mass is 9.71. The van der Waals surface area contributed by atoms with Gasteiger partial charge in [-0.15, -0.1) is 0 Å². The van der Waals surface area contributed by atoms with Gasteiger partial charge < -0.3 is 14.7 Å². The number of hydrogen-bond acceptors (Lipinski definition) is 6. The minimum Gasteiger partial charge on any atom is -0.481 e. The quantitative estimate of drug-likeness (QED) is 0.584. The van der Waals surface area contributed by atoms with Gasteiger partial charge >= 0.3 is 5.97 Å². The van der Waals surface area contributed by atoms with Crippen LogP contribution in [-0.4, -0.2) is 50.4 Å². The molecule has 1 saturated carbocycles. The number of aliphatic hydroxyl groups is 1. The normalized spacial score (nSPS) is 21.8. The van der Waals surface area contributed by atoms with Crippen molar-refractivity contribution in [1.29, 1.82) is 0 Å². The molecule has 1 aromatic rings. The first-order chi connectivity index (χ1) is 14.7. The van der Waals surface area contributed by atoms with Crippen molar-refractivity contribution in [1.82, 2.24) is 15.0 Å². The standard InChI is InChI=1S/C24H41N3O4/c1-24(2,3)21(23(29)30)19(11-7-10-17-8-5-4-6-9-17)22-25-20(26-31-22)16-27-14-12-18(28)13-15-27/h17-19,21,28H,4-16H2,1-3H3,(H,29,30)/t19-,21?/m1/s1. The second-order valence-electron chi connectivity index (χ2n) is 10.8. The highest BCUT2D eigenvalue weighted by molar-refractivity contribution is 5.72. The van der Waals surface area contributed by atoms with Crippen molar-refractivity contribution in [2.24, 2.45) is 17.3 Å². The molecule has 31 heavy (non-hydrogen) atoms. The smallest absolute Gasteiger partial charge is 0.307 e. The maximum absolute atomic E-state index is 12.3. The van der Waals surface area contributed by atoms with Gasteiger partial charge in [0, 0.05) is 13.1 Å². The molecule has 1 aliphatic heterocycles. The van der Waals surface area contributed by atoms with Crippen molar-refractivity contribution in [2.45, 2.75) is 104 Å². The monoisotopic (exact) mass is 435 g/mol. The average Bonchev–Trinajstić information content (AvgIpc) is 3.17. The van der Waals surface area contributed by atoms with Crippen LogP contribution in [0.2, 0.25) is 0 Å². The molecule has 2 fully saturated rings. The number of carboxylic acids is 1. The lowest BCUT2D eigenvalue weighted by Gasteiger charge is -2.32. The van der Waals surface area contributed by atoms with Crippen LogP contribution in [0.1, 0.15) is 103 Å². The van der Waals surface area contributed by atoms with Crippen molar-refractivity contribution < 1.29 is 19.5 Å². The molecule has 1 unspecified atom stereocenters. The number of hydrogen-bond donors (Lipinski definition) is 2. The van der Waals surface area contributed by atoms with Crippen molar-refractivity contribution in [3.63, 3.8) is 0 Å². The Balaban J connectivity index is 1.69. The zero-order valence-corrected chi connectivity index (χ0v) is 19.6. The minimum atomic E-state index is -0.792. The molecule has 1 saturated heterocycles. The zero-order valence-electron chi connectivity index (χ0n) is 19.6. The molecule has 2 atom stereocenters. The van der Waals surface area contributed by atoms with Crippen LogP contribution in [0.4, 0.5) is 0 Å². The van der Waals surface area contributed by atoms with Crippen LogP contribution in [0.3, 0.4) is 0 Å². The molecule has 0 radical (unpaired) electrons. The molecule has 2 heterocycles. The van der Waals surface area contributed by atoms with Crippen LogP contribution in [-0.2, 0) is 11.3 Å². The van der Waals surface area contributed by atoms with Crippen LogP contribution in [0.25, 0.3) is 0 Å². The molecule has 2 aliphatic rings. The van der Waals surface area contributed by atoms with Gasteiger partial charge in [-0.05, 0) is 30.6 Å². The number of carbonyl (C=O) groups is 1. The van der Waals surface area contributed by atoms with Crippen molar-refractivity contribution in [2.75, 3.05) is 13.1 Å². The summed E-state index contributed by atoms with van der Waals surface area (Å²) in [6.07, 6.45) is 10.9. The van der Waals surface area contributed by atoms with E-state index in [9.17, 15) is 15.0 Å². The summed E-state index contributed by atoms with van der Waals surface area (Å²) in [5.74, 6) is 0.225. The number of aliphatic carboxylic acids is 1. The average molecular weight is 436 g/mol. The predicted molar refractivity (Wildman–Crippen MR) is 119 cm³/mol. The third-order valence-electron chi connectivity index (χ3n) is 7.18. The predicted octanol–water partition coefficient (Wildman–Crippen LogP) is 4.61. The van der Waals surface area contributed by atoms with E-state index in [2.05, 4.69) is 15.0 Å². The van der Waals surface area contributed by atoms with E-state index in [-0.39, 0.29) is 12.0 Å². The maximum Gasteiger partial charge on any atom is 0.307 e. The summed E-state index contributed by atoms with van der Waals surface area (Å²) < 4.78 is 5.66. The number of aliphatic hydroxyl groups excluding tert-OH is 1. The number of aromatic nitrogens is 2. The first-order valence-corrected chi connectivity index (χ1v) is 12.2. The summed E-state index contributed by atoms with van der Waals surface area (Å²) >= 11 is 0. The fourth-order valence-corrected chi connectivity index (χ4v) is 5.44. The van der Waals surface area contributed by atoms with E-state index in [4.69, 9.17) is 4.52 Å². The van der Waals surface area contributed by atoms with E-state index in [1.165, 1.54) is 32.1 Å². The van der Waals surface area contributed by atoms with Crippen LogP contribution in [0, 0.1) is 17.3 Å². The molecule has 7 heteroatoms. The Morgan fingerprint density at radius 1 is 1.16 bits per heavy atom. The van der Waals surface area contributed by atoms with E-state index in [1.807, 2.05) is 20.8 Å². The van der Waals surface area contributed by atoms with Crippen molar-refractivity contribution >= 4 is 5.97 Å². The number of carboxylic acid groups (broad SMARTS) is 1. The fourth-order valence-electron chi connectivity index (χ4n) is 5.44. The van der Waals surface area contributed by atoms with Gasteiger partial charge in [0.1, 0.15) is 0 Å². The van der Waals surface area contributed by atoms with E-state index >= 15 is 0 Å².